The molecule has 0 aromatic carbocycles. The average Bonchev–Trinajstić information content (AvgIpc) is 2.85. The highest BCUT2D eigenvalue weighted by Crippen LogP contribution is 2.33. The molecule has 2 saturated heterocycles. The van der Waals surface area contributed by atoms with E-state index < -0.39 is 0 Å². The van der Waals surface area contributed by atoms with Gasteiger partial charge in [0.15, 0.2) is 5.13 Å². The number of rotatable bonds is 3. The van der Waals surface area contributed by atoms with Crippen LogP contribution in [-0.2, 0) is 4.79 Å². The quantitative estimate of drug-likeness (QED) is 0.896. The fourth-order valence-corrected chi connectivity index (χ4v) is 4.21. The van der Waals surface area contributed by atoms with Gasteiger partial charge in [0.25, 0.3) is 0 Å². The highest BCUT2D eigenvalue weighted by Gasteiger charge is 2.34. The Balaban J connectivity index is 1.52. The van der Waals surface area contributed by atoms with Crippen LogP contribution in [0.4, 0.5) is 5.13 Å². The van der Waals surface area contributed by atoms with Crippen LogP contribution in [0, 0.1) is 5.92 Å². The van der Waals surface area contributed by atoms with E-state index in [4.69, 9.17) is 0 Å². The SMILES string of the molecule is O=C(CC1CC2CCC(C1)N2)Nc1ncc(Br)s1. The summed E-state index contributed by atoms with van der Waals surface area (Å²) in [6.45, 7) is 0. The molecule has 1 amide bonds. The summed E-state index contributed by atoms with van der Waals surface area (Å²) in [4.78, 5) is 16.1. The Labute approximate surface area is 119 Å². The molecule has 2 fully saturated rings. The van der Waals surface area contributed by atoms with Gasteiger partial charge in [0, 0.05) is 18.5 Å². The predicted molar refractivity (Wildman–Crippen MR) is 75.7 cm³/mol. The molecular formula is C12H16BrN3OS. The number of carbonyl (C=O) groups is 1. The molecule has 2 unspecified atom stereocenters. The number of thiazole rings is 1. The Hall–Kier alpha value is -0.460. The number of nitrogens with zero attached hydrogens (tertiary/aromatic N) is 1. The van der Waals surface area contributed by atoms with Gasteiger partial charge in [0.2, 0.25) is 5.91 Å². The first-order valence-electron chi connectivity index (χ1n) is 6.36. The molecule has 2 N–H and O–H groups in total. The average molecular weight is 330 g/mol. The maximum absolute atomic E-state index is 11.9. The molecule has 0 spiro atoms. The van der Waals surface area contributed by atoms with E-state index in [1.807, 2.05) is 0 Å². The van der Waals surface area contributed by atoms with E-state index >= 15 is 0 Å². The summed E-state index contributed by atoms with van der Waals surface area (Å²) in [5.41, 5.74) is 0. The van der Waals surface area contributed by atoms with Gasteiger partial charge < -0.3 is 10.6 Å². The molecule has 0 radical (unpaired) electrons. The number of anilines is 1. The van der Waals surface area contributed by atoms with Crippen LogP contribution >= 0.6 is 27.3 Å². The Morgan fingerprint density at radius 1 is 1.50 bits per heavy atom. The van der Waals surface area contributed by atoms with Crippen molar-refractivity contribution in [1.82, 2.24) is 10.3 Å². The third kappa shape index (κ3) is 2.92. The van der Waals surface area contributed by atoms with Crippen LogP contribution in [-0.4, -0.2) is 23.0 Å². The monoisotopic (exact) mass is 329 g/mol. The van der Waals surface area contributed by atoms with Gasteiger partial charge in [-0.3, -0.25) is 4.79 Å². The number of amides is 1. The molecule has 0 saturated carbocycles. The molecule has 2 bridgehead atoms. The molecule has 3 heterocycles. The Morgan fingerprint density at radius 3 is 2.83 bits per heavy atom. The van der Waals surface area contributed by atoms with Gasteiger partial charge in [-0.1, -0.05) is 11.3 Å². The van der Waals surface area contributed by atoms with Crippen molar-refractivity contribution in [2.45, 2.75) is 44.2 Å². The van der Waals surface area contributed by atoms with Crippen LogP contribution in [0.2, 0.25) is 0 Å². The van der Waals surface area contributed by atoms with E-state index in [9.17, 15) is 4.79 Å². The molecule has 2 aliphatic rings. The standard InChI is InChI=1S/C12H16BrN3OS/c13-10-6-14-12(18-10)16-11(17)5-7-3-8-1-2-9(4-7)15-8/h6-9,15H,1-5H2,(H,14,16,17). The second kappa shape index (κ2) is 5.27. The van der Waals surface area contributed by atoms with Crippen molar-refractivity contribution in [3.8, 4) is 0 Å². The van der Waals surface area contributed by atoms with Gasteiger partial charge in [-0.2, -0.15) is 0 Å². The minimum atomic E-state index is 0.100. The van der Waals surface area contributed by atoms with Crippen LogP contribution in [0.5, 0.6) is 0 Å². The molecule has 1 aromatic heterocycles. The normalized spacial score (nSPS) is 30.4. The molecule has 98 valence electrons. The minimum Gasteiger partial charge on any atom is -0.311 e. The zero-order valence-electron chi connectivity index (χ0n) is 9.99. The van der Waals surface area contributed by atoms with Crippen molar-refractivity contribution in [2.75, 3.05) is 5.32 Å². The van der Waals surface area contributed by atoms with Gasteiger partial charge in [0.05, 0.1) is 9.98 Å². The molecule has 6 heteroatoms. The third-order valence-corrected chi connectivity index (χ3v) is 5.16. The van der Waals surface area contributed by atoms with Crippen molar-refractivity contribution in [1.29, 1.82) is 0 Å². The molecular weight excluding hydrogens is 314 g/mol. The van der Waals surface area contributed by atoms with E-state index in [-0.39, 0.29) is 5.91 Å². The third-order valence-electron chi connectivity index (χ3n) is 3.77. The fraction of sp³-hybridized carbons (Fsp3) is 0.667. The van der Waals surface area contributed by atoms with Crippen LogP contribution in [0.25, 0.3) is 0 Å². The van der Waals surface area contributed by atoms with E-state index in [1.165, 1.54) is 24.2 Å². The van der Waals surface area contributed by atoms with Crippen molar-refractivity contribution in [3.05, 3.63) is 9.98 Å². The van der Waals surface area contributed by atoms with Crippen molar-refractivity contribution in [2.24, 2.45) is 5.92 Å². The van der Waals surface area contributed by atoms with Crippen LogP contribution in [0.1, 0.15) is 32.1 Å². The van der Waals surface area contributed by atoms with E-state index in [0.717, 1.165) is 16.6 Å². The molecule has 2 aliphatic heterocycles. The van der Waals surface area contributed by atoms with Crippen LogP contribution in [0.3, 0.4) is 0 Å². The lowest BCUT2D eigenvalue weighted by Gasteiger charge is -2.28. The van der Waals surface area contributed by atoms with Crippen molar-refractivity contribution < 1.29 is 4.79 Å². The Morgan fingerprint density at radius 2 is 2.22 bits per heavy atom. The van der Waals surface area contributed by atoms with Crippen molar-refractivity contribution >= 4 is 38.3 Å². The smallest absolute Gasteiger partial charge is 0.226 e. The molecule has 1 aromatic rings. The number of hydrogen-bond donors (Lipinski definition) is 2. The van der Waals surface area contributed by atoms with Crippen LogP contribution < -0.4 is 10.6 Å². The fourth-order valence-electron chi connectivity index (χ4n) is 3.09. The molecule has 18 heavy (non-hydrogen) atoms. The zero-order valence-corrected chi connectivity index (χ0v) is 12.4. The van der Waals surface area contributed by atoms with Gasteiger partial charge in [0.1, 0.15) is 0 Å². The van der Waals surface area contributed by atoms with Gasteiger partial charge in [-0.05, 0) is 47.5 Å². The number of piperidine rings is 1. The molecule has 3 rings (SSSR count). The van der Waals surface area contributed by atoms with Gasteiger partial charge >= 0.3 is 0 Å². The Bertz CT molecular complexity index is 438. The Kier molecular flexibility index (Phi) is 3.68. The summed E-state index contributed by atoms with van der Waals surface area (Å²) in [7, 11) is 0. The first kappa shape index (κ1) is 12.6. The number of aromatic nitrogens is 1. The maximum Gasteiger partial charge on any atom is 0.226 e. The summed E-state index contributed by atoms with van der Waals surface area (Å²) >= 11 is 4.79. The summed E-state index contributed by atoms with van der Waals surface area (Å²) in [6.07, 6.45) is 7.19. The number of halogens is 1. The first-order valence-corrected chi connectivity index (χ1v) is 7.97. The predicted octanol–water partition coefficient (Wildman–Crippen LogP) is 2.76. The lowest BCUT2D eigenvalue weighted by atomic mass is 9.89. The number of carbonyl (C=O) groups excluding carboxylic acids is 1. The van der Waals surface area contributed by atoms with E-state index in [1.54, 1.807) is 6.20 Å². The van der Waals surface area contributed by atoms with Crippen LogP contribution in [0.15, 0.2) is 9.98 Å². The molecule has 0 aliphatic carbocycles. The molecule has 2 atom stereocenters. The highest BCUT2D eigenvalue weighted by atomic mass is 79.9. The summed E-state index contributed by atoms with van der Waals surface area (Å²) in [5.74, 6) is 0.635. The first-order chi connectivity index (χ1) is 8.69. The molecule has 4 nitrogen and oxygen atoms in total. The topological polar surface area (TPSA) is 54.0 Å². The van der Waals surface area contributed by atoms with Crippen molar-refractivity contribution in [3.63, 3.8) is 0 Å². The minimum absolute atomic E-state index is 0.100. The van der Waals surface area contributed by atoms with E-state index in [2.05, 4.69) is 31.5 Å². The highest BCUT2D eigenvalue weighted by molar-refractivity contribution is 9.11. The second-order valence-corrected chi connectivity index (χ2v) is 7.61. The van der Waals surface area contributed by atoms with E-state index in [0.29, 0.717) is 29.6 Å². The summed E-state index contributed by atoms with van der Waals surface area (Å²) in [6, 6.07) is 1.30. The second-order valence-electron chi connectivity index (χ2n) is 5.20. The van der Waals surface area contributed by atoms with Gasteiger partial charge in [-0.15, -0.1) is 0 Å². The number of fused-ring (bicyclic) bond motifs is 2. The lowest BCUT2D eigenvalue weighted by Crippen LogP contribution is -2.39. The zero-order chi connectivity index (χ0) is 12.5. The number of hydrogen-bond acceptors (Lipinski definition) is 4. The largest absolute Gasteiger partial charge is 0.311 e. The lowest BCUT2D eigenvalue weighted by molar-refractivity contribution is -0.117. The summed E-state index contributed by atoms with van der Waals surface area (Å²) < 4.78 is 0.942. The van der Waals surface area contributed by atoms with Gasteiger partial charge in [-0.25, -0.2) is 4.98 Å². The maximum atomic E-state index is 11.9. The number of nitrogens with one attached hydrogen (secondary N) is 2. The summed E-state index contributed by atoms with van der Waals surface area (Å²) in [5, 5.41) is 7.16.